The van der Waals surface area contributed by atoms with Crippen LogP contribution in [0.15, 0.2) is 54.7 Å². The summed E-state index contributed by atoms with van der Waals surface area (Å²) in [4.78, 5) is 81.1. The number of H-pyrrole nitrogens is 1. The van der Waals surface area contributed by atoms with Gasteiger partial charge in [0.1, 0.15) is 6.04 Å². The molecule has 3 aliphatic rings. The number of rotatable bonds is 29. The van der Waals surface area contributed by atoms with E-state index in [-0.39, 0.29) is 42.2 Å². The highest BCUT2D eigenvalue weighted by Crippen LogP contribution is 2.45. The molecule has 0 radical (unpaired) electrons. The first-order valence-corrected chi connectivity index (χ1v) is 24.4. The van der Waals surface area contributed by atoms with Gasteiger partial charge in [-0.2, -0.15) is 5.26 Å². The first-order chi connectivity index (χ1) is 35.4. The van der Waals surface area contributed by atoms with Gasteiger partial charge in [-0.15, -0.1) is 0 Å². The number of hydrogen-bond donors (Lipinski definition) is 6. The number of fused-ring (bicyclic) bond motifs is 5. The van der Waals surface area contributed by atoms with Gasteiger partial charge in [0.25, 0.3) is 11.8 Å². The summed E-state index contributed by atoms with van der Waals surface area (Å²) < 4.78 is 33.3. The van der Waals surface area contributed by atoms with Gasteiger partial charge >= 0.3 is 0 Å². The van der Waals surface area contributed by atoms with Gasteiger partial charge in [0, 0.05) is 70.8 Å². The van der Waals surface area contributed by atoms with E-state index >= 15 is 0 Å². The lowest BCUT2D eigenvalue weighted by atomic mass is 9.70. The second-order valence-corrected chi connectivity index (χ2v) is 17.9. The van der Waals surface area contributed by atoms with E-state index in [2.05, 4.69) is 46.2 Å². The van der Waals surface area contributed by atoms with Crippen molar-refractivity contribution < 1.29 is 57.2 Å². The Morgan fingerprint density at radius 3 is 2.08 bits per heavy atom. The zero-order chi connectivity index (χ0) is 51.9. The molecule has 6 N–H and O–H groups in total. The van der Waals surface area contributed by atoms with E-state index < -0.39 is 35.1 Å². The predicted octanol–water partition coefficient (Wildman–Crippen LogP) is 3.78. The third kappa shape index (κ3) is 12.7. The number of ether oxygens (including phenoxy) is 6. The van der Waals surface area contributed by atoms with Gasteiger partial charge in [0.2, 0.25) is 17.7 Å². The molecule has 1 aliphatic carbocycles. The number of allylic oxidation sites excluding steroid dienone is 1. The molecule has 7 rings (SSSR count). The van der Waals surface area contributed by atoms with Crippen molar-refractivity contribution in [1.29, 1.82) is 10.7 Å². The molecular formula is C53H62N8O12. The number of carbonyl (C=O) groups excluding carboxylic acids is 6. The standard InChI is InChI=1S/C53H62N8O12/c1-4-34-27-39-40(53(2,3)49-47(48(39)64)36-9-8-33(29-54)26-42(36)59-49)28-38(34)35(30-55)31-56-32-45(63)58-13-15-69-17-19-71-21-23-73-25-24-72-22-20-70-18-16-68-14-12-57-41-7-5-6-37-46(41)52(67)61(51(37)66)43-10-11-44(62)60-50(43)65/h5-9,26-28,30-31,43,55-57,59H,4,10-25,32H2,1-3H3,(H,58,63)(H,60,62,65)/b35-31+,55-30?. The molecule has 3 aromatic carbocycles. The van der Waals surface area contributed by atoms with Crippen LogP contribution in [0.5, 0.6) is 0 Å². The van der Waals surface area contributed by atoms with Crippen molar-refractivity contribution in [3.05, 3.63) is 105 Å². The fourth-order valence-electron chi connectivity index (χ4n) is 9.05. The molecule has 2 aliphatic heterocycles. The number of aryl methyl sites for hydroxylation is 1. The first-order valence-electron chi connectivity index (χ1n) is 24.4. The number of piperidine rings is 1. The number of ketones is 1. The number of aromatic amines is 1. The van der Waals surface area contributed by atoms with Crippen LogP contribution in [0.25, 0.3) is 16.5 Å². The molecule has 20 nitrogen and oxygen atoms in total. The van der Waals surface area contributed by atoms with Crippen molar-refractivity contribution in [2.45, 2.75) is 51.5 Å². The predicted molar refractivity (Wildman–Crippen MR) is 269 cm³/mol. The van der Waals surface area contributed by atoms with Gasteiger partial charge < -0.3 is 54.8 Å². The summed E-state index contributed by atoms with van der Waals surface area (Å²) >= 11 is 0. The number of carbonyl (C=O) groups is 6. The number of nitrogens with one attached hydrogen (secondary N) is 6. The molecule has 0 bridgehead atoms. The maximum absolute atomic E-state index is 14.0. The van der Waals surface area contributed by atoms with Crippen LogP contribution in [0, 0.1) is 16.7 Å². The minimum Gasteiger partial charge on any atom is -0.382 e. The number of hydrogen-bond acceptors (Lipinski definition) is 16. The van der Waals surface area contributed by atoms with Gasteiger partial charge in [-0.3, -0.25) is 39.0 Å². The molecule has 73 heavy (non-hydrogen) atoms. The molecule has 1 atom stereocenters. The van der Waals surface area contributed by atoms with E-state index in [9.17, 15) is 34.0 Å². The molecule has 5 amide bonds. The third-order valence-corrected chi connectivity index (χ3v) is 12.8. The zero-order valence-electron chi connectivity index (χ0n) is 41.4. The number of anilines is 1. The van der Waals surface area contributed by atoms with Gasteiger partial charge in [-0.1, -0.05) is 32.9 Å². The highest BCUT2D eigenvalue weighted by molar-refractivity contribution is 6.25. The quantitative estimate of drug-likeness (QED) is 0.0257. The van der Waals surface area contributed by atoms with Gasteiger partial charge in [0.15, 0.2) is 5.78 Å². The second kappa shape index (κ2) is 25.5. The van der Waals surface area contributed by atoms with E-state index in [0.717, 1.165) is 38.2 Å². The number of imide groups is 2. The SMILES string of the molecule is CCc1cc2c(cc1/C(C=N)=C/NCC(=O)NCCOCCOCCOCCOCCOCCOCCNc1cccc3c1C(=O)N(C1CCC(=O)NC1=O)C3=O)C(C)(C)c1[nH]c3cc(C#N)ccc3c1C2=O. The molecular weight excluding hydrogens is 941 g/mol. The Labute approximate surface area is 422 Å². The lowest BCUT2D eigenvalue weighted by Gasteiger charge is -2.33. The average molecular weight is 1000 g/mol. The number of nitriles is 1. The summed E-state index contributed by atoms with van der Waals surface area (Å²) in [6.45, 7) is 11.2. The van der Waals surface area contributed by atoms with Gasteiger partial charge in [0.05, 0.1) is 114 Å². The first kappa shape index (κ1) is 53.7. The minimum absolute atomic E-state index is 0.00913. The van der Waals surface area contributed by atoms with E-state index in [1.807, 2.05) is 25.1 Å². The summed E-state index contributed by atoms with van der Waals surface area (Å²) in [6.07, 6.45) is 3.65. The Hall–Kier alpha value is -7.12. The number of amides is 5. The van der Waals surface area contributed by atoms with Crippen LogP contribution < -0.4 is 21.3 Å². The van der Waals surface area contributed by atoms with Crippen molar-refractivity contribution in [3.8, 4) is 6.07 Å². The monoisotopic (exact) mass is 1000 g/mol. The number of benzene rings is 3. The molecule has 1 fully saturated rings. The summed E-state index contributed by atoms with van der Waals surface area (Å²) in [5.74, 6) is -2.53. The largest absolute Gasteiger partial charge is 0.382 e. The minimum atomic E-state index is -1.03. The van der Waals surface area contributed by atoms with Crippen LogP contribution >= 0.6 is 0 Å². The van der Waals surface area contributed by atoms with Crippen molar-refractivity contribution >= 4 is 63.7 Å². The summed E-state index contributed by atoms with van der Waals surface area (Å²) in [6, 6.07) is 15.2. The highest BCUT2D eigenvalue weighted by atomic mass is 16.6. The zero-order valence-corrected chi connectivity index (χ0v) is 41.4. The Bertz CT molecular complexity index is 2800. The molecule has 0 spiro atoms. The van der Waals surface area contributed by atoms with E-state index in [1.165, 1.54) is 6.21 Å². The van der Waals surface area contributed by atoms with E-state index in [4.69, 9.17) is 33.8 Å². The molecule has 1 aromatic heterocycles. The molecule has 4 aromatic rings. The number of aromatic nitrogens is 1. The topological polar surface area (TPSA) is 273 Å². The fourth-order valence-corrected chi connectivity index (χ4v) is 9.05. The molecule has 0 saturated carbocycles. The molecule has 20 heteroatoms. The molecule has 386 valence electrons. The third-order valence-electron chi connectivity index (χ3n) is 12.8. The van der Waals surface area contributed by atoms with Gasteiger partial charge in [-0.25, -0.2) is 0 Å². The van der Waals surface area contributed by atoms with Crippen LogP contribution in [0.2, 0.25) is 0 Å². The van der Waals surface area contributed by atoms with E-state index in [1.54, 1.807) is 36.5 Å². The average Bonchev–Trinajstić information content (AvgIpc) is 3.90. The van der Waals surface area contributed by atoms with Crippen molar-refractivity contribution in [3.63, 3.8) is 0 Å². The number of nitrogens with zero attached hydrogens (tertiary/aromatic N) is 2. The van der Waals surface area contributed by atoms with Crippen LogP contribution in [0.1, 0.15) is 98.2 Å². The second-order valence-electron chi connectivity index (χ2n) is 17.9. The normalized spacial score (nSPS) is 16.0. The summed E-state index contributed by atoms with van der Waals surface area (Å²) in [5.41, 5.74) is 6.68. The van der Waals surface area contributed by atoms with E-state index in [0.29, 0.717) is 127 Å². The van der Waals surface area contributed by atoms with Crippen LogP contribution in [-0.4, -0.2) is 156 Å². The lowest BCUT2D eigenvalue weighted by Crippen LogP contribution is -2.54. The van der Waals surface area contributed by atoms with Crippen molar-refractivity contribution in [1.82, 2.24) is 25.8 Å². The lowest BCUT2D eigenvalue weighted by molar-refractivity contribution is -0.136. The van der Waals surface area contributed by atoms with Gasteiger partial charge in [-0.05, 0) is 65.9 Å². The smallest absolute Gasteiger partial charge is 0.264 e. The molecule has 3 heterocycles. The maximum atomic E-state index is 14.0. The highest BCUT2D eigenvalue weighted by Gasteiger charge is 2.46. The maximum Gasteiger partial charge on any atom is 0.264 e. The van der Waals surface area contributed by atoms with Crippen molar-refractivity contribution in [2.24, 2.45) is 0 Å². The summed E-state index contributed by atoms with van der Waals surface area (Å²) in [5, 5.41) is 29.6. The Morgan fingerprint density at radius 1 is 0.822 bits per heavy atom. The Morgan fingerprint density at radius 2 is 1.47 bits per heavy atom. The Kier molecular flexibility index (Phi) is 18.8. The van der Waals surface area contributed by atoms with Crippen LogP contribution in [-0.2, 0) is 54.6 Å². The fraction of sp³-hybridized carbons (Fsp3) is 0.434. The molecule has 1 unspecified atom stereocenters. The molecule has 1 saturated heterocycles. The van der Waals surface area contributed by atoms with Crippen LogP contribution in [0.3, 0.4) is 0 Å². The summed E-state index contributed by atoms with van der Waals surface area (Å²) in [7, 11) is 0. The van der Waals surface area contributed by atoms with Crippen LogP contribution in [0.4, 0.5) is 5.69 Å². The Balaban J connectivity index is 0.673. The van der Waals surface area contributed by atoms with Crippen molar-refractivity contribution in [2.75, 3.05) is 104 Å².